The van der Waals surface area contributed by atoms with Crippen LogP contribution in [0.15, 0.2) is 28.8 Å². The minimum absolute atomic E-state index is 0.363. The van der Waals surface area contributed by atoms with E-state index in [1.807, 2.05) is 31.2 Å². The molecule has 0 unspecified atom stereocenters. The number of hydrogen-bond acceptors (Lipinski definition) is 4. The van der Waals surface area contributed by atoms with Gasteiger partial charge in [-0.2, -0.15) is 0 Å². The number of aromatic nitrogens is 1. The van der Waals surface area contributed by atoms with Gasteiger partial charge in [0.25, 0.3) is 0 Å². The first kappa shape index (κ1) is 10.5. The number of nitrogens with two attached hydrogens (primary N) is 1. The van der Waals surface area contributed by atoms with Crippen LogP contribution in [0.3, 0.4) is 0 Å². The number of ether oxygens (including phenoxy) is 1. The van der Waals surface area contributed by atoms with Gasteiger partial charge in [-0.25, -0.2) is 0 Å². The van der Waals surface area contributed by atoms with Gasteiger partial charge >= 0.3 is 0 Å². The molecule has 0 bridgehead atoms. The van der Waals surface area contributed by atoms with Crippen molar-refractivity contribution in [3.05, 3.63) is 30.0 Å². The normalized spacial score (nSPS) is 10.4. The summed E-state index contributed by atoms with van der Waals surface area (Å²) in [6.07, 6.45) is 0.794. The molecule has 0 amide bonds. The third-order valence-corrected chi connectivity index (χ3v) is 2.50. The summed E-state index contributed by atoms with van der Waals surface area (Å²) in [6, 6.07) is 7.67. The second-order valence-electron chi connectivity index (χ2n) is 3.45. The third-order valence-electron chi connectivity index (χ3n) is 2.50. The smallest absolute Gasteiger partial charge is 0.230 e. The zero-order chi connectivity index (χ0) is 11.5. The lowest BCUT2D eigenvalue weighted by molar-refractivity contribution is 0.415. The molecule has 0 fully saturated rings. The van der Waals surface area contributed by atoms with E-state index in [2.05, 4.69) is 5.16 Å². The highest BCUT2D eigenvalue weighted by molar-refractivity contribution is 5.75. The molecule has 2 rings (SSSR count). The Labute approximate surface area is 94.0 Å². The van der Waals surface area contributed by atoms with Crippen molar-refractivity contribution in [1.82, 2.24) is 5.16 Å². The molecule has 4 heteroatoms. The number of rotatable bonds is 3. The fourth-order valence-electron chi connectivity index (χ4n) is 1.65. The van der Waals surface area contributed by atoms with Gasteiger partial charge in [-0.05, 0) is 24.1 Å². The number of nitrogens with zero attached hydrogens (tertiary/aromatic N) is 1. The van der Waals surface area contributed by atoms with Gasteiger partial charge in [0, 0.05) is 0 Å². The number of methoxy groups -OCH3 is 1. The number of benzene rings is 1. The molecule has 84 valence electrons. The molecule has 1 heterocycles. The predicted octanol–water partition coefficient (Wildman–Crippen LogP) is 2.49. The van der Waals surface area contributed by atoms with Gasteiger partial charge in [0.2, 0.25) is 5.88 Å². The molecule has 2 N–H and O–H groups in total. The van der Waals surface area contributed by atoms with Crippen LogP contribution >= 0.6 is 0 Å². The van der Waals surface area contributed by atoms with Crippen molar-refractivity contribution < 1.29 is 9.26 Å². The van der Waals surface area contributed by atoms with Crippen molar-refractivity contribution in [3.8, 4) is 16.9 Å². The number of hydrogen-bond donors (Lipinski definition) is 1. The second kappa shape index (κ2) is 4.26. The van der Waals surface area contributed by atoms with E-state index in [-0.39, 0.29) is 0 Å². The third kappa shape index (κ3) is 1.74. The Morgan fingerprint density at radius 2 is 2.00 bits per heavy atom. The molecule has 0 saturated carbocycles. The quantitative estimate of drug-likeness (QED) is 0.859. The fourth-order valence-corrected chi connectivity index (χ4v) is 1.65. The summed E-state index contributed by atoms with van der Waals surface area (Å²) in [7, 11) is 1.64. The lowest BCUT2D eigenvalue weighted by Crippen LogP contribution is -1.89. The molecule has 0 atom stereocenters. The van der Waals surface area contributed by atoms with E-state index in [1.54, 1.807) is 7.11 Å². The maximum Gasteiger partial charge on any atom is 0.230 e. The molecular formula is C12H14N2O2. The first-order valence-electron chi connectivity index (χ1n) is 5.14. The highest BCUT2D eigenvalue weighted by Gasteiger charge is 2.13. The molecule has 4 nitrogen and oxygen atoms in total. The summed E-state index contributed by atoms with van der Waals surface area (Å²) in [6.45, 7) is 2.02. The molecule has 0 aliphatic rings. The number of aryl methyl sites for hydroxylation is 1. The van der Waals surface area contributed by atoms with E-state index in [1.165, 1.54) is 0 Å². The van der Waals surface area contributed by atoms with E-state index >= 15 is 0 Å². The summed E-state index contributed by atoms with van der Waals surface area (Å²) in [4.78, 5) is 0. The lowest BCUT2D eigenvalue weighted by Gasteiger charge is -2.03. The zero-order valence-electron chi connectivity index (χ0n) is 9.36. The van der Waals surface area contributed by atoms with Crippen LogP contribution in [-0.2, 0) is 6.42 Å². The zero-order valence-corrected chi connectivity index (χ0v) is 9.36. The maximum absolute atomic E-state index is 5.76. The van der Waals surface area contributed by atoms with Gasteiger partial charge in [0.15, 0.2) is 0 Å². The van der Waals surface area contributed by atoms with E-state index in [4.69, 9.17) is 15.0 Å². The van der Waals surface area contributed by atoms with Crippen LogP contribution < -0.4 is 10.5 Å². The first-order chi connectivity index (χ1) is 7.76. The maximum atomic E-state index is 5.76. The van der Waals surface area contributed by atoms with Gasteiger partial charge in [-0.15, -0.1) is 0 Å². The van der Waals surface area contributed by atoms with E-state index in [0.717, 1.165) is 29.0 Å². The van der Waals surface area contributed by atoms with E-state index in [0.29, 0.717) is 5.88 Å². The average molecular weight is 218 g/mol. The minimum Gasteiger partial charge on any atom is -0.497 e. The number of nitrogen functional groups attached to an aromatic ring is 1. The minimum atomic E-state index is 0.363. The molecule has 0 spiro atoms. The standard InChI is InChI=1S/C12H14N2O2/c1-3-10-11(12(13)16-14-10)8-4-6-9(15-2)7-5-8/h4-7H,3,13H2,1-2H3. The monoisotopic (exact) mass is 218 g/mol. The van der Waals surface area contributed by atoms with Crippen molar-refractivity contribution in [3.63, 3.8) is 0 Å². The predicted molar refractivity (Wildman–Crippen MR) is 62.3 cm³/mol. The van der Waals surface area contributed by atoms with Crippen LogP contribution in [0.4, 0.5) is 5.88 Å². The Morgan fingerprint density at radius 3 is 2.56 bits per heavy atom. The largest absolute Gasteiger partial charge is 0.497 e. The van der Waals surface area contributed by atoms with Crippen LogP contribution in [-0.4, -0.2) is 12.3 Å². The SMILES string of the molecule is CCc1noc(N)c1-c1ccc(OC)cc1. The van der Waals surface area contributed by atoms with E-state index in [9.17, 15) is 0 Å². The Balaban J connectivity index is 2.45. The molecule has 0 aliphatic heterocycles. The lowest BCUT2D eigenvalue weighted by atomic mass is 10.0. The van der Waals surface area contributed by atoms with Crippen LogP contribution in [0.25, 0.3) is 11.1 Å². The molecule has 2 aromatic rings. The summed E-state index contributed by atoms with van der Waals surface area (Å²) >= 11 is 0. The second-order valence-corrected chi connectivity index (χ2v) is 3.45. The van der Waals surface area contributed by atoms with Gasteiger partial charge in [0.05, 0.1) is 18.4 Å². The summed E-state index contributed by atoms with van der Waals surface area (Å²) in [5.41, 5.74) is 8.51. The van der Waals surface area contributed by atoms with Gasteiger partial charge in [0.1, 0.15) is 5.75 Å². The van der Waals surface area contributed by atoms with Crippen molar-refractivity contribution in [2.75, 3.05) is 12.8 Å². The van der Waals surface area contributed by atoms with Crippen LogP contribution in [0, 0.1) is 0 Å². The molecule has 0 saturated heterocycles. The highest BCUT2D eigenvalue weighted by atomic mass is 16.5. The Bertz CT molecular complexity index is 474. The molecule has 0 radical (unpaired) electrons. The van der Waals surface area contributed by atoms with Gasteiger partial charge < -0.3 is 15.0 Å². The van der Waals surface area contributed by atoms with Crippen molar-refractivity contribution in [2.45, 2.75) is 13.3 Å². The van der Waals surface area contributed by atoms with Gasteiger partial charge in [-0.3, -0.25) is 0 Å². The van der Waals surface area contributed by atoms with Crippen molar-refractivity contribution in [2.24, 2.45) is 0 Å². The Morgan fingerprint density at radius 1 is 1.31 bits per heavy atom. The van der Waals surface area contributed by atoms with E-state index < -0.39 is 0 Å². The molecule has 16 heavy (non-hydrogen) atoms. The van der Waals surface area contributed by atoms with Crippen molar-refractivity contribution in [1.29, 1.82) is 0 Å². The topological polar surface area (TPSA) is 61.3 Å². The summed E-state index contributed by atoms with van der Waals surface area (Å²) in [5, 5.41) is 3.92. The molecule has 0 aliphatic carbocycles. The Hall–Kier alpha value is -1.97. The van der Waals surface area contributed by atoms with Crippen LogP contribution in [0.1, 0.15) is 12.6 Å². The first-order valence-corrected chi connectivity index (χ1v) is 5.14. The fraction of sp³-hybridized carbons (Fsp3) is 0.250. The average Bonchev–Trinajstić information content (AvgIpc) is 2.70. The molecule has 1 aromatic heterocycles. The summed E-state index contributed by atoms with van der Waals surface area (Å²) in [5.74, 6) is 1.18. The van der Waals surface area contributed by atoms with Crippen LogP contribution in [0.2, 0.25) is 0 Å². The number of anilines is 1. The molecular weight excluding hydrogens is 204 g/mol. The summed E-state index contributed by atoms with van der Waals surface area (Å²) < 4.78 is 10.1. The van der Waals surface area contributed by atoms with Crippen molar-refractivity contribution >= 4 is 5.88 Å². The Kier molecular flexibility index (Phi) is 2.81. The van der Waals surface area contributed by atoms with Crippen LogP contribution in [0.5, 0.6) is 5.75 Å². The van der Waals surface area contributed by atoms with Gasteiger partial charge in [-0.1, -0.05) is 24.2 Å². The highest BCUT2D eigenvalue weighted by Crippen LogP contribution is 2.30. The molecule has 1 aromatic carbocycles.